The predicted molar refractivity (Wildman–Crippen MR) is 69.7 cm³/mol. The Hall–Kier alpha value is -0.980. The number of nitrogens with zero attached hydrogens (tertiary/aromatic N) is 2. The molecule has 1 aliphatic heterocycles. The summed E-state index contributed by atoms with van der Waals surface area (Å²) in [6.07, 6.45) is 4.93. The predicted octanol–water partition coefficient (Wildman–Crippen LogP) is 0.844. The van der Waals surface area contributed by atoms with Gasteiger partial charge in [-0.3, -0.25) is 4.98 Å². The van der Waals surface area contributed by atoms with E-state index in [2.05, 4.69) is 10.3 Å². The molecule has 1 fully saturated rings. The van der Waals surface area contributed by atoms with Crippen molar-refractivity contribution in [2.45, 2.75) is 30.7 Å². The lowest BCUT2D eigenvalue weighted by Crippen LogP contribution is -2.48. The number of aromatic nitrogens is 1. The molecule has 18 heavy (non-hydrogen) atoms. The fourth-order valence-electron chi connectivity index (χ4n) is 2.34. The van der Waals surface area contributed by atoms with Gasteiger partial charge in [-0.25, -0.2) is 8.42 Å². The molecular formula is C12H19N3O2S. The second-order valence-electron chi connectivity index (χ2n) is 4.40. The van der Waals surface area contributed by atoms with Crippen LogP contribution < -0.4 is 5.32 Å². The monoisotopic (exact) mass is 269 g/mol. The summed E-state index contributed by atoms with van der Waals surface area (Å²) in [6, 6.07) is 3.30. The van der Waals surface area contributed by atoms with E-state index in [9.17, 15) is 8.42 Å². The van der Waals surface area contributed by atoms with Gasteiger partial charge in [0.1, 0.15) is 4.90 Å². The Morgan fingerprint density at radius 1 is 1.56 bits per heavy atom. The minimum Gasteiger partial charge on any atom is -0.315 e. The Morgan fingerprint density at radius 2 is 2.39 bits per heavy atom. The lowest BCUT2D eigenvalue weighted by atomic mass is 10.1. The minimum absolute atomic E-state index is 0.0500. The van der Waals surface area contributed by atoms with Crippen LogP contribution >= 0.6 is 0 Å². The zero-order valence-corrected chi connectivity index (χ0v) is 11.4. The molecule has 1 saturated heterocycles. The van der Waals surface area contributed by atoms with Gasteiger partial charge in [-0.15, -0.1) is 0 Å². The molecule has 100 valence electrons. The molecule has 0 spiro atoms. The van der Waals surface area contributed by atoms with Gasteiger partial charge in [0.25, 0.3) is 0 Å². The maximum atomic E-state index is 12.5. The van der Waals surface area contributed by atoms with Crippen LogP contribution in [0.2, 0.25) is 0 Å². The van der Waals surface area contributed by atoms with Crippen LogP contribution in [0, 0.1) is 0 Å². The molecule has 0 radical (unpaired) electrons. The van der Waals surface area contributed by atoms with Gasteiger partial charge >= 0.3 is 0 Å². The fourth-order valence-corrected chi connectivity index (χ4v) is 3.97. The molecule has 0 saturated carbocycles. The first kappa shape index (κ1) is 13.5. The summed E-state index contributed by atoms with van der Waals surface area (Å²) < 4.78 is 26.6. The van der Waals surface area contributed by atoms with Crippen molar-refractivity contribution in [1.82, 2.24) is 14.6 Å². The van der Waals surface area contributed by atoms with Crippen LogP contribution in [-0.4, -0.2) is 43.4 Å². The van der Waals surface area contributed by atoms with Gasteiger partial charge in [-0.2, -0.15) is 4.31 Å². The van der Waals surface area contributed by atoms with E-state index in [1.54, 1.807) is 22.6 Å². The molecule has 1 N–H and O–H groups in total. The van der Waals surface area contributed by atoms with Crippen molar-refractivity contribution >= 4 is 10.0 Å². The average molecular weight is 269 g/mol. The maximum absolute atomic E-state index is 12.5. The normalized spacial score (nSPS) is 21.1. The zero-order chi connectivity index (χ0) is 13.0. The molecule has 1 atom stereocenters. The summed E-state index contributed by atoms with van der Waals surface area (Å²) in [7, 11) is -3.42. The lowest BCUT2D eigenvalue weighted by molar-refractivity contribution is 0.274. The highest BCUT2D eigenvalue weighted by molar-refractivity contribution is 7.89. The molecule has 0 amide bonds. The van der Waals surface area contributed by atoms with Crippen LogP contribution in [0.25, 0.3) is 0 Å². The third-order valence-electron chi connectivity index (χ3n) is 3.23. The van der Waals surface area contributed by atoms with Gasteiger partial charge in [0.05, 0.1) is 0 Å². The highest BCUT2D eigenvalue weighted by atomic mass is 32.2. The van der Waals surface area contributed by atoms with Crippen LogP contribution in [-0.2, 0) is 10.0 Å². The quantitative estimate of drug-likeness (QED) is 0.880. The van der Waals surface area contributed by atoms with E-state index in [0.717, 1.165) is 25.9 Å². The Kier molecular flexibility index (Phi) is 4.31. The van der Waals surface area contributed by atoms with Crippen molar-refractivity contribution < 1.29 is 8.42 Å². The molecule has 5 nitrogen and oxygen atoms in total. The topological polar surface area (TPSA) is 62.3 Å². The summed E-state index contributed by atoms with van der Waals surface area (Å²) in [6.45, 7) is 4.07. The van der Waals surface area contributed by atoms with Crippen LogP contribution in [0.15, 0.2) is 29.4 Å². The minimum atomic E-state index is -3.42. The van der Waals surface area contributed by atoms with Gasteiger partial charge in [0.2, 0.25) is 10.0 Å². The smallest absolute Gasteiger partial charge is 0.244 e. The zero-order valence-electron chi connectivity index (χ0n) is 10.5. The first-order chi connectivity index (χ1) is 8.66. The first-order valence-electron chi connectivity index (χ1n) is 6.29. The molecule has 1 aliphatic rings. The largest absolute Gasteiger partial charge is 0.315 e. The summed E-state index contributed by atoms with van der Waals surface area (Å²) in [5, 5.41) is 3.25. The van der Waals surface area contributed by atoms with Gasteiger partial charge in [0, 0.05) is 31.5 Å². The Bertz CT molecular complexity index is 469. The molecule has 1 aromatic heterocycles. The van der Waals surface area contributed by atoms with E-state index >= 15 is 0 Å². The van der Waals surface area contributed by atoms with Gasteiger partial charge in [-0.1, -0.05) is 6.92 Å². The highest BCUT2D eigenvalue weighted by Crippen LogP contribution is 2.20. The van der Waals surface area contributed by atoms with Crippen molar-refractivity contribution in [3.8, 4) is 0 Å². The number of pyridine rings is 1. The molecule has 1 aromatic rings. The maximum Gasteiger partial charge on any atom is 0.244 e. The van der Waals surface area contributed by atoms with Gasteiger partial charge in [-0.05, 0) is 31.5 Å². The van der Waals surface area contributed by atoms with Crippen LogP contribution in [0.4, 0.5) is 0 Å². The van der Waals surface area contributed by atoms with E-state index in [1.165, 1.54) is 6.20 Å². The number of hydrogen-bond acceptors (Lipinski definition) is 4. The molecule has 2 heterocycles. The number of piperidine rings is 1. The third-order valence-corrected chi connectivity index (χ3v) is 5.24. The fraction of sp³-hybridized carbons (Fsp3) is 0.583. The Balaban J connectivity index is 2.26. The Morgan fingerprint density at radius 3 is 2.94 bits per heavy atom. The van der Waals surface area contributed by atoms with Crippen molar-refractivity contribution in [2.24, 2.45) is 0 Å². The average Bonchev–Trinajstić information content (AvgIpc) is 2.41. The Labute approximate surface area is 108 Å². The molecule has 6 heteroatoms. The summed E-state index contributed by atoms with van der Waals surface area (Å²) in [5.41, 5.74) is 0. The highest BCUT2D eigenvalue weighted by Gasteiger charge is 2.30. The molecule has 0 aromatic carbocycles. The van der Waals surface area contributed by atoms with E-state index in [-0.39, 0.29) is 10.9 Å². The number of nitrogens with one attached hydrogen (secondary N) is 1. The summed E-state index contributed by atoms with van der Waals surface area (Å²) in [5.74, 6) is 0. The second kappa shape index (κ2) is 5.77. The summed E-state index contributed by atoms with van der Waals surface area (Å²) in [4.78, 5) is 4.17. The lowest BCUT2D eigenvalue weighted by Gasteiger charge is -2.32. The molecule has 0 aliphatic carbocycles. The van der Waals surface area contributed by atoms with Crippen LogP contribution in [0.5, 0.6) is 0 Å². The van der Waals surface area contributed by atoms with E-state index in [0.29, 0.717) is 6.54 Å². The first-order valence-corrected chi connectivity index (χ1v) is 7.73. The SMILES string of the molecule is CCN(C1CCCNC1)S(=O)(=O)c1cccnc1. The van der Waals surface area contributed by atoms with E-state index < -0.39 is 10.0 Å². The third kappa shape index (κ3) is 2.71. The number of likely N-dealkylation sites (N-methyl/N-ethyl adjacent to an activating group) is 1. The van der Waals surface area contributed by atoms with Gasteiger partial charge < -0.3 is 5.32 Å². The summed E-state index contributed by atoms with van der Waals surface area (Å²) >= 11 is 0. The number of sulfonamides is 1. The molecule has 2 rings (SSSR count). The van der Waals surface area contributed by atoms with Crippen LogP contribution in [0.1, 0.15) is 19.8 Å². The molecule has 0 bridgehead atoms. The van der Waals surface area contributed by atoms with Crippen molar-refractivity contribution in [3.05, 3.63) is 24.5 Å². The second-order valence-corrected chi connectivity index (χ2v) is 6.29. The van der Waals surface area contributed by atoms with Crippen molar-refractivity contribution in [2.75, 3.05) is 19.6 Å². The standard InChI is InChI=1S/C12H19N3O2S/c1-2-15(11-5-3-7-13-9-11)18(16,17)12-6-4-8-14-10-12/h4,6,8,10-11,13H,2-3,5,7,9H2,1H3. The molecular weight excluding hydrogens is 250 g/mol. The van der Waals surface area contributed by atoms with E-state index in [4.69, 9.17) is 0 Å². The van der Waals surface area contributed by atoms with Crippen LogP contribution in [0.3, 0.4) is 0 Å². The molecule has 1 unspecified atom stereocenters. The van der Waals surface area contributed by atoms with Gasteiger partial charge in [0.15, 0.2) is 0 Å². The number of hydrogen-bond donors (Lipinski definition) is 1. The van der Waals surface area contributed by atoms with Crippen molar-refractivity contribution in [1.29, 1.82) is 0 Å². The van der Waals surface area contributed by atoms with Crippen molar-refractivity contribution in [3.63, 3.8) is 0 Å². The van der Waals surface area contributed by atoms with E-state index in [1.807, 2.05) is 6.92 Å². The number of rotatable bonds is 4.